The SMILES string of the molecule is CCc1cc(N=C=O)c(N=C=O)c(C(C)C)c1C(C)C. The first-order valence-corrected chi connectivity index (χ1v) is 6.83. The Balaban J connectivity index is 3.90. The Kier molecular flexibility index (Phi) is 5.57. The van der Waals surface area contributed by atoms with Gasteiger partial charge < -0.3 is 0 Å². The lowest BCUT2D eigenvalue weighted by Crippen LogP contribution is -2.04. The number of aryl methyl sites for hydroxylation is 1. The van der Waals surface area contributed by atoms with Crippen molar-refractivity contribution in [2.75, 3.05) is 0 Å². The molecule has 0 aromatic heterocycles. The van der Waals surface area contributed by atoms with Gasteiger partial charge in [-0.3, -0.25) is 0 Å². The van der Waals surface area contributed by atoms with Crippen molar-refractivity contribution in [3.63, 3.8) is 0 Å². The number of isocyanates is 2. The van der Waals surface area contributed by atoms with E-state index in [1.54, 1.807) is 6.08 Å². The number of hydrogen-bond donors (Lipinski definition) is 0. The molecule has 106 valence electrons. The zero-order valence-corrected chi connectivity index (χ0v) is 12.7. The van der Waals surface area contributed by atoms with E-state index in [0.717, 1.165) is 17.5 Å². The first kappa shape index (κ1) is 16.0. The second kappa shape index (κ2) is 6.95. The molecule has 4 nitrogen and oxygen atoms in total. The zero-order valence-electron chi connectivity index (χ0n) is 12.7. The van der Waals surface area contributed by atoms with E-state index < -0.39 is 0 Å². The molecule has 20 heavy (non-hydrogen) atoms. The predicted octanol–water partition coefficient (Wildman–Crippen LogP) is 4.43. The first-order chi connectivity index (χ1) is 9.47. The average molecular weight is 272 g/mol. The summed E-state index contributed by atoms with van der Waals surface area (Å²) in [5, 5.41) is 0. The van der Waals surface area contributed by atoms with Crippen molar-refractivity contribution in [2.24, 2.45) is 9.98 Å². The van der Waals surface area contributed by atoms with E-state index in [1.807, 2.05) is 19.9 Å². The molecule has 1 aromatic carbocycles. The fourth-order valence-corrected chi connectivity index (χ4v) is 2.61. The highest BCUT2D eigenvalue weighted by molar-refractivity contribution is 5.75. The number of benzene rings is 1. The minimum absolute atomic E-state index is 0.173. The lowest BCUT2D eigenvalue weighted by atomic mass is 9.84. The smallest absolute Gasteiger partial charge is 0.211 e. The van der Waals surface area contributed by atoms with Crippen LogP contribution in [0.4, 0.5) is 11.4 Å². The normalized spacial score (nSPS) is 10.3. The first-order valence-electron chi connectivity index (χ1n) is 6.83. The maximum absolute atomic E-state index is 10.7. The van der Waals surface area contributed by atoms with Crippen LogP contribution in [-0.4, -0.2) is 12.2 Å². The Labute approximate surface area is 119 Å². The second-order valence-electron chi connectivity index (χ2n) is 5.30. The molecular formula is C16H20N2O2. The van der Waals surface area contributed by atoms with Crippen LogP contribution >= 0.6 is 0 Å². The quantitative estimate of drug-likeness (QED) is 0.588. The van der Waals surface area contributed by atoms with Crippen molar-refractivity contribution in [3.05, 3.63) is 22.8 Å². The van der Waals surface area contributed by atoms with Crippen molar-refractivity contribution in [1.29, 1.82) is 0 Å². The summed E-state index contributed by atoms with van der Waals surface area (Å²) in [5.74, 6) is 0.476. The summed E-state index contributed by atoms with van der Waals surface area (Å²) in [6, 6.07) is 1.82. The molecule has 0 radical (unpaired) electrons. The molecule has 0 spiro atoms. The fourth-order valence-electron chi connectivity index (χ4n) is 2.61. The van der Waals surface area contributed by atoms with Crippen molar-refractivity contribution < 1.29 is 9.59 Å². The summed E-state index contributed by atoms with van der Waals surface area (Å²) in [6.45, 7) is 10.4. The van der Waals surface area contributed by atoms with Gasteiger partial charge in [0, 0.05) is 0 Å². The van der Waals surface area contributed by atoms with Crippen molar-refractivity contribution >= 4 is 23.5 Å². The lowest BCUT2D eigenvalue weighted by molar-refractivity contribution is 0.564. The largest absolute Gasteiger partial charge is 0.240 e. The van der Waals surface area contributed by atoms with E-state index in [9.17, 15) is 9.59 Å². The van der Waals surface area contributed by atoms with Crippen molar-refractivity contribution in [1.82, 2.24) is 0 Å². The lowest BCUT2D eigenvalue weighted by Gasteiger charge is -2.22. The summed E-state index contributed by atoms with van der Waals surface area (Å²) in [7, 11) is 0. The van der Waals surface area contributed by atoms with Gasteiger partial charge in [0.15, 0.2) is 0 Å². The molecule has 0 saturated heterocycles. The third-order valence-corrected chi connectivity index (χ3v) is 3.30. The van der Waals surface area contributed by atoms with E-state index in [0.29, 0.717) is 17.3 Å². The van der Waals surface area contributed by atoms with Crippen LogP contribution in [0.1, 0.15) is 63.1 Å². The molecule has 0 N–H and O–H groups in total. The molecule has 0 bridgehead atoms. The third-order valence-electron chi connectivity index (χ3n) is 3.30. The Morgan fingerprint density at radius 1 is 1.00 bits per heavy atom. The van der Waals surface area contributed by atoms with Crippen LogP contribution in [0.2, 0.25) is 0 Å². The van der Waals surface area contributed by atoms with Gasteiger partial charge in [-0.25, -0.2) is 9.59 Å². The highest BCUT2D eigenvalue weighted by Gasteiger charge is 2.21. The Morgan fingerprint density at radius 2 is 1.55 bits per heavy atom. The highest BCUT2D eigenvalue weighted by atomic mass is 16.1. The van der Waals surface area contributed by atoms with E-state index in [1.165, 1.54) is 11.6 Å². The summed E-state index contributed by atoms with van der Waals surface area (Å²) in [4.78, 5) is 28.8. The molecule has 1 aromatic rings. The van der Waals surface area contributed by atoms with Gasteiger partial charge in [0.05, 0.1) is 0 Å². The van der Waals surface area contributed by atoms with Gasteiger partial charge in [-0.15, -0.1) is 0 Å². The molecule has 0 saturated carbocycles. The van der Waals surface area contributed by atoms with Gasteiger partial charge in [-0.2, -0.15) is 9.98 Å². The van der Waals surface area contributed by atoms with Crippen LogP contribution in [0.25, 0.3) is 0 Å². The summed E-state index contributed by atoms with van der Waals surface area (Å²) >= 11 is 0. The molecule has 1 rings (SSSR count). The summed E-state index contributed by atoms with van der Waals surface area (Å²) in [6.07, 6.45) is 3.93. The van der Waals surface area contributed by atoms with E-state index >= 15 is 0 Å². The molecule has 0 fully saturated rings. The minimum atomic E-state index is 0.173. The molecule has 4 heteroatoms. The van der Waals surface area contributed by atoms with Crippen LogP contribution in [0.3, 0.4) is 0 Å². The summed E-state index contributed by atoms with van der Waals surface area (Å²) < 4.78 is 0. The van der Waals surface area contributed by atoms with Crippen LogP contribution in [0, 0.1) is 0 Å². The maximum Gasteiger partial charge on any atom is 0.240 e. The molecule has 0 heterocycles. The topological polar surface area (TPSA) is 58.9 Å². The van der Waals surface area contributed by atoms with Gasteiger partial charge in [0.25, 0.3) is 0 Å². The van der Waals surface area contributed by atoms with E-state index in [2.05, 4.69) is 30.8 Å². The van der Waals surface area contributed by atoms with Gasteiger partial charge in [0.2, 0.25) is 12.2 Å². The van der Waals surface area contributed by atoms with Crippen LogP contribution in [0.15, 0.2) is 16.1 Å². The Morgan fingerprint density at radius 3 is 1.95 bits per heavy atom. The number of nitrogens with zero attached hydrogens (tertiary/aromatic N) is 2. The van der Waals surface area contributed by atoms with Gasteiger partial charge in [-0.05, 0) is 41.0 Å². The zero-order chi connectivity index (χ0) is 15.3. The molecule has 0 atom stereocenters. The van der Waals surface area contributed by atoms with Crippen LogP contribution in [-0.2, 0) is 16.0 Å². The number of rotatable bonds is 5. The molecule has 0 amide bonds. The highest BCUT2D eigenvalue weighted by Crippen LogP contribution is 2.43. The number of carbonyl (C=O) groups excluding carboxylic acids is 2. The molecular weight excluding hydrogens is 252 g/mol. The second-order valence-corrected chi connectivity index (χ2v) is 5.30. The average Bonchev–Trinajstić information content (AvgIpc) is 2.39. The minimum Gasteiger partial charge on any atom is -0.211 e. The van der Waals surface area contributed by atoms with Crippen LogP contribution < -0.4 is 0 Å². The number of aliphatic imine (C=N–C) groups is 2. The predicted molar refractivity (Wildman–Crippen MR) is 79.6 cm³/mol. The maximum atomic E-state index is 10.7. The van der Waals surface area contributed by atoms with Gasteiger partial charge in [-0.1, -0.05) is 34.6 Å². The molecule has 0 aliphatic heterocycles. The fraction of sp³-hybridized carbons (Fsp3) is 0.500. The molecule has 0 aliphatic rings. The van der Waals surface area contributed by atoms with E-state index in [-0.39, 0.29) is 5.92 Å². The van der Waals surface area contributed by atoms with Gasteiger partial charge in [0.1, 0.15) is 11.4 Å². The summed E-state index contributed by atoms with van der Waals surface area (Å²) in [5.41, 5.74) is 4.12. The molecule has 0 unspecified atom stereocenters. The van der Waals surface area contributed by atoms with Gasteiger partial charge >= 0.3 is 0 Å². The Hall–Kier alpha value is -2.02. The van der Waals surface area contributed by atoms with E-state index in [4.69, 9.17) is 0 Å². The van der Waals surface area contributed by atoms with Crippen molar-refractivity contribution in [3.8, 4) is 0 Å². The number of hydrogen-bond acceptors (Lipinski definition) is 4. The Bertz CT molecular complexity index is 591. The van der Waals surface area contributed by atoms with Crippen LogP contribution in [0.5, 0.6) is 0 Å². The molecule has 0 aliphatic carbocycles. The standard InChI is InChI=1S/C16H20N2O2/c1-6-12-7-13(17-8-19)16(18-9-20)15(11(4)5)14(12)10(2)3/h7,10-11H,6H2,1-5H3. The third kappa shape index (κ3) is 3.11. The van der Waals surface area contributed by atoms with Crippen molar-refractivity contribution in [2.45, 2.75) is 52.9 Å². The monoisotopic (exact) mass is 272 g/mol.